The molecule has 0 aliphatic carbocycles. The molecule has 0 radical (unpaired) electrons. The maximum Gasteiger partial charge on any atom is 0.416 e. The van der Waals surface area contributed by atoms with Gasteiger partial charge in [-0.25, -0.2) is 4.79 Å². The molecule has 0 aliphatic heterocycles. The molecule has 29 heavy (non-hydrogen) atoms. The van der Waals surface area contributed by atoms with Crippen LogP contribution in [-0.4, -0.2) is 25.9 Å². The van der Waals surface area contributed by atoms with Crippen LogP contribution in [0.25, 0.3) is 6.08 Å². The number of halogens is 3. The van der Waals surface area contributed by atoms with Crippen molar-refractivity contribution in [2.24, 2.45) is 0 Å². The molecule has 0 fully saturated rings. The van der Waals surface area contributed by atoms with Gasteiger partial charge in [0.2, 0.25) is 0 Å². The molecule has 0 atom stereocenters. The van der Waals surface area contributed by atoms with Crippen LogP contribution in [0.5, 0.6) is 5.75 Å². The van der Waals surface area contributed by atoms with Crippen molar-refractivity contribution in [3.63, 3.8) is 0 Å². The number of hydrogen-bond donors (Lipinski definition) is 0. The Morgan fingerprint density at radius 1 is 1.14 bits per heavy atom. The summed E-state index contributed by atoms with van der Waals surface area (Å²) in [5.74, 6) is -0.202. The first-order valence-electron chi connectivity index (χ1n) is 9.14. The molecule has 0 saturated heterocycles. The molecular weight excluding hydrogens is 381 g/mol. The van der Waals surface area contributed by atoms with E-state index in [9.17, 15) is 18.0 Å². The van der Waals surface area contributed by atoms with Crippen molar-refractivity contribution in [1.29, 1.82) is 0 Å². The summed E-state index contributed by atoms with van der Waals surface area (Å²) < 4.78 is 49.0. The zero-order valence-corrected chi connectivity index (χ0v) is 17.6. The molecule has 1 rings (SSSR count). The summed E-state index contributed by atoms with van der Waals surface area (Å²) in [6.45, 7) is 9.27. The number of benzene rings is 1. The lowest BCUT2D eigenvalue weighted by atomic mass is 9.96. The number of methoxy groups -OCH3 is 1. The predicted octanol–water partition coefficient (Wildman–Crippen LogP) is 6.19. The second-order valence-corrected chi connectivity index (χ2v) is 6.51. The van der Waals surface area contributed by atoms with Crippen LogP contribution >= 0.6 is 0 Å². The van der Waals surface area contributed by atoms with E-state index in [1.54, 1.807) is 20.1 Å². The van der Waals surface area contributed by atoms with Crippen molar-refractivity contribution in [2.75, 3.05) is 13.7 Å². The normalized spacial score (nSPS) is 13.4. The van der Waals surface area contributed by atoms with Gasteiger partial charge in [-0.2, -0.15) is 13.2 Å². The molecule has 1 aromatic carbocycles. The van der Waals surface area contributed by atoms with Gasteiger partial charge in [0.25, 0.3) is 0 Å². The number of alkyl halides is 3. The molecule has 3 nitrogen and oxygen atoms in total. The Hall–Kier alpha value is -2.76. The van der Waals surface area contributed by atoms with Crippen LogP contribution < -0.4 is 4.74 Å². The summed E-state index contributed by atoms with van der Waals surface area (Å²) in [5, 5.41) is 0. The molecule has 0 unspecified atom stereocenters. The second kappa shape index (κ2) is 10.7. The lowest BCUT2D eigenvalue weighted by Gasteiger charge is -2.13. The summed E-state index contributed by atoms with van der Waals surface area (Å²) in [7, 11) is 1.63. The number of allylic oxidation sites excluding steroid dienone is 6. The fourth-order valence-corrected chi connectivity index (χ4v) is 2.64. The highest BCUT2D eigenvalue weighted by molar-refractivity contribution is 5.83. The SMILES string of the molecule is CCOC(=O)/C=C(/C=C/C=C(C)/C=C/c1c(C)cc(OC)c(C)c1C)C(F)(F)F. The van der Waals surface area contributed by atoms with Crippen LogP contribution in [0, 0.1) is 20.8 Å². The fourth-order valence-electron chi connectivity index (χ4n) is 2.64. The van der Waals surface area contributed by atoms with Crippen LogP contribution in [0.2, 0.25) is 0 Å². The van der Waals surface area contributed by atoms with Crippen LogP contribution in [0.1, 0.15) is 36.1 Å². The Morgan fingerprint density at radius 2 is 1.79 bits per heavy atom. The quantitative estimate of drug-likeness (QED) is 0.307. The second-order valence-electron chi connectivity index (χ2n) is 6.51. The first kappa shape index (κ1) is 24.3. The number of rotatable bonds is 7. The van der Waals surface area contributed by atoms with Gasteiger partial charge in [-0.15, -0.1) is 0 Å². The van der Waals surface area contributed by atoms with Crippen molar-refractivity contribution in [2.45, 2.75) is 40.8 Å². The predicted molar refractivity (Wildman–Crippen MR) is 110 cm³/mol. The highest BCUT2D eigenvalue weighted by Gasteiger charge is 2.32. The van der Waals surface area contributed by atoms with E-state index in [2.05, 4.69) is 4.74 Å². The van der Waals surface area contributed by atoms with E-state index in [1.807, 2.05) is 39.0 Å². The Kier molecular flexibility index (Phi) is 8.95. The van der Waals surface area contributed by atoms with Crippen molar-refractivity contribution < 1.29 is 27.4 Å². The molecule has 0 spiro atoms. The van der Waals surface area contributed by atoms with Crippen LogP contribution in [0.3, 0.4) is 0 Å². The highest BCUT2D eigenvalue weighted by atomic mass is 19.4. The maximum absolute atomic E-state index is 13.0. The van der Waals surface area contributed by atoms with E-state index >= 15 is 0 Å². The Morgan fingerprint density at radius 3 is 2.34 bits per heavy atom. The zero-order chi connectivity index (χ0) is 22.2. The molecule has 158 valence electrons. The summed E-state index contributed by atoms with van der Waals surface area (Å²) in [5.41, 5.74) is 3.89. The van der Waals surface area contributed by atoms with E-state index < -0.39 is 17.7 Å². The number of esters is 1. The molecule has 0 amide bonds. The third-order valence-corrected chi connectivity index (χ3v) is 4.36. The number of ether oxygens (including phenoxy) is 2. The lowest BCUT2D eigenvalue weighted by molar-refractivity contribution is -0.138. The van der Waals surface area contributed by atoms with Crippen LogP contribution in [0.15, 0.2) is 47.6 Å². The molecule has 0 aromatic heterocycles. The monoisotopic (exact) mass is 408 g/mol. The molecule has 0 saturated carbocycles. The van der Waals surface area contributed by atoms with Gasteiger partial charge in [-0.3, -0.25) is 0 Å². The maximum atomic E-state index is 13.0. The van der Waals surface area contributed by atoms with Gasteiger partial charge < -0.3 is 9.47 Å². The smallest absolute Gasteiger partial charge is 0.416 e. The van der Waals surface area contributed by atoms with Gasteiger partial charge in [0.05, 0.1) is 19.3 Å². The average molecular weight is 408 g/mol. The molecular formula is C23H27F3O3. The van der Waals surface area contributed by atoms with E-state index in [-0.39, 0.29) is 6.61 Å². The number of aryl methyl sites for hydroxylation is 1. The largest absolute Gasteiger partial charge is 0.496 e. The molecule has 6 heteroatoms. The summed E-state index contributed by atoms with van der Waals surface area (Å²) in [6, 6.07) is 1.96. The first-order valence-corrected chi connectivity index (χ1v) is 9.14. The van der Waals surface area contributed by atoms with Crippen molar-refractivity contribution in [1.82, 2.24) is 0 Å². The summed E-state index contributed by atoms with van der Waals surface area (Å²) in [4.78, 5) is 11.3. The van der Waals surface area contributed by atoms with E-state index in [0.717, 1.165) is 39.7 Å². The Balaban J connectivity index is 3.06. The van der Waals surface area contributed by atoms with Gasteiger partial charge >= 0.3 is 12.1 Å². The van der Waals surface area contributed by atoms with Gasteiger partial charge in [0.1, 0.15) is 5.75 Å². The third kappa shape index (κ3) is 7.29. The molecule has 0 bridgehead atoms. The summed E-state index contributed by atoms with van der Waals surface area (Å²) >= 11 is 0. The minimum absolute atomic E-state index is 0.0116. The Labute approximate surface area is 170 Å². The first-order chi connectivity index (χ1) is 13.5. The van der Waals surface area contributed by atoms with Crippen LogP contribution in [0.4, 0.5) is 13.2 Å². The highest BCUT2D eigenvalue weighted by Crippen LogP contribution is 2.29. The van der Waals surface area contributed by atoms with Gasteiger partial charge in [0, 0.05) is 6.08 Å². The topological polar surface area (TPSA) is 35.5 Å². The van der Waals surface area contributed by atoms with E-state index in [0.29, 0.717) is 6.08 Å². The molecule has 0 N–H and O–H groups in total. The standard InChI is InChI=1S/C23H27F3O3/c1-7-29-22(27)14-19(23(24,25)26)10-8-9-15(2)11-12-20-16(3)13-21(28-6)18(5)17(20)4/h8-14H,7H2,1-6H3/b10-8+,12-11+,15-9+,19-14-. The summed E-state index contributed by atoms with van der Waals surface area (Å²) in [6.07, 6.45) is 3.22. The van der Waals surface area contributed by atoms with Crippen LogP contribution in [-0.2, 0) is 9.53 Å². The third-order valence-electron chi connectivity index (χ3n) is 4.36. The lowest BCUT2D eigenvalue weighted by Crippen LogP contribution is -2.13. The van der Waals surface area contributed by atoms with Crippen molar-refractivity contribution >= 4 is 12.0 Å². The number of carbonyl (C=O) groups is 1. The van der Waals surface area contributed by atoms with Gasteiger partial charge in [-0.1, -0.05) is 29.9 Å². The van der Waals surface area contributed by atoms with E-state index in [1.165, 1.54) is 13.0 Å². The Bertz CT molecular complexity index is 857. The van der Waals surface area contributed by atoms with Gasteiger partial charge in [0.15, 0.2) is 0 Å². The zero-order valence-electron chi connectivity index (χ0n) is 17.6. The fraction of sp³-hybridized carbons (Fsp3) is 0.348. The van der Waals surface area contributed by atoms with E-state index in [4.69, 9.17) is 4.74 Å². The number of hydrogen-bond acceptors (Lipinski definition) is 3. The van der Waals surface area contributed by atoms with Gasteiger partial charge in [-0.05, 0) is 69.0 Å². The average Bonchev–Trinajstić information content (AvgIpc) is 2.63. The van der Waals surface area contributed by atoms with Crippen molar-refractivity contribution in [3.8, 4) is 5.75 Å². The molecule has 1 aromatic rings. The minimum atomic E-state index is -4.64. The molecule has 0 aliphatic rings. The number of carbonyl (C=O) groups excluding carboxylic acids is 1. The minimum Gasteiger partial charge on any atom is -0.496 e. The molecule has 0 heterocycles. The van der Waals surface area contributed by atoms with Crippen molar-refractivity contribution in [3.05, 3.63) is 69.8 Å².